The van der Waals surface area contributed by atoms with Crippen molar-refractivity contribution in [3.63, 3.8) is 0 Å². The van der Waals surface area contributed by atoms with Crippen molar-refractivity contribution >= 4 is 5.91 Å². The number of carbonyl (C=O) groups excluding carboxylic acids is 1. The number of nitrogens with two attached hydrogens (primary N) is 1. The summed E-state index contributed by atoms with van der Waals surface area (Å²) in [5, 5.41) is 0. The number of aryl methyl sites for hydroxylation is 1. The van der Waals surface area contributed by atoms with Crippen molar-refractivity contribution in [3.8, 4) is 11.4 Å². The second-order valence-corrected chi connectivity index (χ2v) is 6.65. The van der Waals surface area contributed by atoms with E-state index in [0.29, 0.717) is 5.69 Å². The number of hydrogen-bond acceptors (Lipinski definition) is 4. The molecule has 0 unspecified atom stereocenters. The van der Waals surface area contributed by atoms with Crippen LogP contribution in [-0.2, 0) is 19.5 Å². The van der Waals surface area contributed by atoms with Crippen molar-refractivity contribution in [1.82, 2.24) is 14.5 Å². The number of furan rings is 1. The Morgan fingerprint density at radius 2 is 1.96 bits per heavy atom. The lowest BCUT2D eigenvalue weighted by Crippen LogP contribution is -2.26. The Hall–Kier alpha value is -2.86. The Kier molecular flexibility index (Phi) is 4.34. The zero-order chi connectivity index (χ0) is 18.1. The first-order valence-electron chi connectivity index (χ1n) is 8.84. The second-order valence-electron chi connectivity index (χ2n) is 6.65. The summed E-state index contributed by atoms with van der Waals surface area (Å²) in [5.41, 5.74) is 7.91. The molecule has 1 aliphatic heterocycles. The number of amides is 1. The SMILES string of the molecule is Cc1ccc(CN2CCc3c(C(N)=O)nc(-c4ccccc4)n3CC2)o1. The molecule has 0 fully saturated rings. The minimum Gasteiger partial charge on any atom is -0.465 e. The van der Waals surface area contributed by atoms with E-state index in [-0.39, 0.29) is 0 Å². The van der Waals surface area contributed by atoms with Crippen LogP contribution < -0.4 is 5.73 Å². The van der Waals surface area contributed by atoms with E-state index in [1.165, 1.54) is 0 Å². The molecule has 1 aromatic carbocycles. The molecule has 0 atom stereocenters. The van der Waals surface area contributed by atoms with Gasteiger partial charge in [-0.25, -0.2) is 4.98 Å². The molecule has 6 heteroatoms. The summed E-state index contributed by atoms with van der Waals surface area (Å²) in [4.78, 5) is 18.8. The number of carbonyl (C=O) groups is 1. The lowest BCUT2D eigenvalue weighted by molar-refractivity contribution is 0.0995. The summed E-state index contributed by atoms with van der Waals surface area (Å²) < 4.78 is 7.85. The third-order valence-corrected chi connectivity index (χ3v) is 4.82. The maximum absolute atomic E-state index is 11.9. The molecule has 134 valence electrons. The first-order valence-corrected chi connectivity index (χ1v) is 8.84. The van der Waals surface area contributed by atoms with E-state index in [1.54, 1.807) is 0 Å². The molecule has 0 spiro atoms. The molecule has 0 bridgehead atoms. The quantitative estimate of drug-likeness (QED) is 0.785. The van der Waals surface area contributed by atoms with Gasteiger partial charge in [-0.05, 0) is 19.1 Å². The van der Waals surface area contributed by atoms with Crippen LogP contribution in [0.25, 0.3) is 11.4 Å². The summed E-state index contributed by atoms with van der Waals surface area (Å²) in [6.07, 6.45) is 0.734. The number of benzene rings is 1. The normalized spacial score (nSPS) is 14.8. The van der Waals surface area contributed by atoms with Crippen LogP contribution in [0.1, 0.15) is 27.7 Å². The van der Waals surface area contributed by atoms with Crippen LogP contribution in [0.4, 0.5) is 0 Å². The lowest BCUT2D eigenvalue weighted by atomic mass is 10.2. The fourth-order valence-electron chi connectivity index (χ4n) is 3.55. The Bertz CT molecular complexity index is 927. The number of nitrogens with zero attached hydrogens (tertiary/aromatic N) is 3. The van der Waals surface area contributed by atoms with Gasteiger partial charge < -0.3 is 14.7 Å². The molecule has 3 aromatic rings. The van der Waals surface area contributed by atoms with Crippen molar-refractivity contribution < 1.29 is 9.21 Å². The van der Waals surface area contributed by atoms with Crippen molar-refractivity contribution in [1.29, 1.82) is 0 Å². The van der Waals surface area contributed by atoms with Crippen LogP contribution in [0.5, 0.6) is 0 Å². The molecule has 4 rings (SSSR count). The highest BCUT2D eigenvalue weighted by molar-refractivity contribution is 5.93. The Morgan fingerprint density at radius 3 is 2.65 bits per heavy atom. The lowest BCUT2D eigenvalue weighted by Gasteiger charge is -2.18. The number of aromatic nitrogens is 2. The average molecular weight is 350 g/mol. The summed E-state index contributed by atoms with van der Waals surface area (Å²) in [6.45, 7) is 5.17. The van der Waals surface area contributed by atoms with Gasteiger partial charge in [-0.15, -0.1) is 0 Å². The second kappa shape index (κ2) is 6.80. The van der Waals surface area contributed by atoms with Crippen LogP contribution in [0.2, 0.25) is 0 Å². The summed E-state index contributed by atoms with van der Waals surface area (Å²) in [6, 6.07) is 13.9. The molecule has 2 aromatic heterocycles. The third kappa shape index (κ3) is 3.15. The number of primary amides is 1. The Morgan fingerprint density at radius 1 is 1.15 bits per heavy atom. The Balaban J connectivity index is 1.63. The maximum atomic E-state index is 11.9. The van der Waals surface area contributed by atoms with Gasteiger partial charge in [-0.2, -0.15) is 0 Å². The maximum Gasteiger partial charge on any atom is 0.269 e. The summed E-state index contributed by atoms with van der Waals surface area (Å²) >= 11 is 0. The van der Waals surface area contributed by atoms with Gasteiger partial charge >= 0.3 is 0 Å². The highest BCUT2D eigenvalue weighted by Gasteiger charge is 2.25. The molecule has 6 nitrogen and oxygen atoms in total. The molecular formula is C20H22N4O2. The van der Waals surface area contributed by atoms with Crippen LogP contribution in [-0.4, -0.2) is 33.4 Å². The predicted molar refractivity (Wildman–Crippen MR) is 98.6 cm³/mol. The highest BCUT2D eigenvalue weighted by Crippen LogP contribution is 2.25. The first-order chi connectivity index (χ1) is 12.6. The van der Waals surface area contributed by atoms with Gasteiger partial charge in [0.05, 0.1) is 12.2 Å². The van der Waals surface area contributed by atoms with E-state index in [9.17, 15) is 4.79 Å². The van der Waals surface area contributed by atoms with Crippen LogP contribution in [0.3, 0.4) is 0 Å². The van der Waals surface area contributed by atoms with Crippen LogP contribution in [0, 0.1) is 6.92 Å². The minimum atomic E-state index is -0.467. The molecule has 0 saturated heterocycles. The van der Waals surface area contributed by atoms with Gasteiger partial charge in [0.2, 0.25) is 0 Å². The van der Waals surface area contributed by atoms with Gasteiger partial charge in [-0.1, -0.05) is 30.3 Å². The molecule has 0 aliphatic carbocycles. The molecular weight excluding hydrogens is 328 g/mol. The predicted octanol–water partition coefficient (Wildman–Crippen LogP) is 2.61. The van der Waals surface area contributed by atoms with Crippen molar-refractivity contribution in [2.45, 2.75) is 26.4 Å². The number of fused-ring (bicyclic) bond motifs is 1. The Labute approximate surface area is 152 Å². The average Bonchev–Trinajstić information content (AvgIpc) is 3.15. The van der Waals surface area contributed by atoms with E-state index < -0.39 is 5.91 Å². The largest absolute Gasteiger partial charge is 0.465 e. The van der Waals surface area contributed by atoms with Gasteiger partial charge in [0.25, 0.3) is 5.91 Å². The van der Waals surface area contributed by atoms with Gasteiger partial charge in [0, 0.05) is 31.6 Å². The minimum absolute atomic E-state index is 0.388. The molecule has 26 heavy (non-hydrogen) atoms. The highest BCUT2D eigenvalue weighted by atomic mass is 16.3. The van der Waals surface area contributed by atoms with Crippen molar-refractivity contribution in [2.75, 3.05) is 13.1 Å². The first kappa shape index (κ1) is 16.6. The molecule has 2 N–H and O–H groups in total. The molecule has 1 amide bonds. The third-order valence-electron chi connectivity index (χ3n) is 4.82. The topological polar surface area (TPSA) is 77.3 Å². The summed E-state index contributed by atoms with van der Waals surface area (Å²) in [7, 11) is 0. The molecule has 0 saturated carbocycles. The molecule has 1 aliphatic rings. The fourth-order valence-corrected chi connectivity index (χ4v) is 3.55. The zero-order valence-corrected chi connectivity index (χ0v) is 14.8. The van der Waals surface area contributed by atoms with E-state index in [1.807, 2.05) is 49.4 Å². The monoisotopic (exact) mass is 350 g/mol. The number of rotatable bonds is 4. The van der Waals surface area contributed by atoms with Crippen LogP contribution in [0.15, 0.2) is 46.9 Å². The van der Waals surface area contributed by atoms with E-state index in [4.69, 9.17) is 10.2 Å². The van der Waals surface area contributed by atoms with Gasteiger partial charge in [0.15, 0.2) is 0 Å². The van der Waals surface area contributed by atoms with Crippen molar-refractivity contribution in [3.05, 3.63) is 65.4 Å². The van der Waals surface area contributed by atoms with E-state index in [0.717, 1.165) is 61.2 Å². The zero-order valence-electron chi connectivity index (χ0n) is 14.8. The standard InChI is InChI=1S/C20H22N4O2/c1-14-7-8-16(26-14)13-23-10-9-17-18(19(21)25)22-20(24(17)12-11-23)15-5-3-2-4-6-15/h2-8H,9-13H2,1H3,(H2,21,25). The van der Waals surface area contributed by atoms with E-state index in [2.05, 4.69) is 14.5 Å². The molecule has 3 heterocycles. The van der Waals surface area contributed by atoms with Crippen LogP contribution >= 0.6 is 0 Å². The van der Waals surface area contributed by atoms with Gasteiger partial charge in [0.1, 0.15) is 23.0 Å². The van der Waals surface area contributed by atoms with E-state index >= 15 is 0 Å². The summed E-state index contributed by atoms with van der Waals surface area (Å²) in [5.74, 6) is 2.23. The number of hydrogen-bond donors (Lipinski definition) is 1. The number of imidazole rings is 1. The molecule has 0 radical (unpaired) electrons. The van der Waals surface area contributed by atoms with Crippen molar-refractivity contribution in [2.24, 2.45) is 5.73 Å². The fraction of sp³-hybridized carbons (Fsp3) is 0.300. The van der Waals surface area contributed by atoms with Gasteiger partial charge in [-0.3, -0.25) is 9.69 Å². The smallest absolute Gasteiger partial charge is 0.269 e.